The molecule has 0 radical (unpaired) electrons. The van der Waals surface area contributed by atoms with Crippen LogP contribution in [0, 0.1) is 6.92 Å². The summed E-state index contributed by atoms with van der Waals surface area (Å²) in [5.74, 6) is 0.808. The number of amides is 1. The van der Waals surface area contributed by atoms with Crippen LogP contribution in [0.5, 0.6) is 0 Å². The van der Waals surface area contributed by atoms with Crippen molar-refractivity contribution >= 4 is 38.4 Å². The molecule has 1 aromatic heterocycles. The zero-order valence-corrected chi connectivity index (χ0v) is 14.5. The second-order valence-electron chi connectivity index (χ2n) is 5.03. The third kappa shape index (κ3) is 3.21. The summed E-state index contributed by atoms with van der Waals surface area (Å²) in [7, 11) is 0. The molecule has 0 saturated heterocycles. The number of furan rings is 1. The monoisotopic (exact) mass is 349 g/mol. The molecule has 0 atom stereocenters. The van der Waals surface area contributed by atoms with Crippen LogP contribution in [-0.4, -0.2) is 23.9 Å². The van der Waals surface area contributed by atoms with Crippen LogP contribution >= 0.6 is 15.9 Å². The fourth-order valence-electron chi connectivity index (χ4n) is 2.45. The molecule has 3 nitrogen and oxygen atoms in total. The number of allylic oxidation sites excluding steroid dienone is 1. The molecule has 0 aliphatic heterocycles. The van der Waals surface area contributed by atoms with Gasteiger partial charge in [-0.2, -0.15) is 0 Å². The largest absolute Gasteiger partial charge is 0.456 e. The number of carbonyl (C=O) groups excluding carboxylic acids is 1. The summed E-state index contributed by atoms with van der Waals surface area (Å²) in [6.45, 7) is 9.33. The number of halogens is 1. The van der Waals surface area contributed by atoms with Crippen molar-refractivity contribution in [3.63, 3.8) is 0 Å². The van der Waals surface area contributed by atoms with Gasteiger partial charge in [-0.05, 0) is 51.5 Å². The van der Waals surface area contributed by atoms with Gasteiger partial charge in [-0.15, -0.1) is 0 Å². The van der Waals surface area contributed by atoms with Crippen LogP contribution in [0.25, 0.3) is 16.5 Å². The van der Waals surface area contributed by atoms with Crippen molar-refractivity contribution in [1.82, 2.24) is 4.90 Å². The maximum atomic E-state index is 12.2. The fourth-order valence-corrected chi connectivity index (χ4v) is 2.81. The molecular formula is C17H20BrNO2. The fraction of sp³-hybridized carbons (Fsp3) is 0.353. The van der Waals surface area contributed by atoms with Crippen LogP contribution in [0.2, 0.25) is 0 Å². The Morgan fingerprint density at radius 2 is 2.00 bits per heavy atom. The molecule has 2 aromatic rings. The number of likely N-dealkylation sites (N-methyl/N-ethyl adjacent to an activating group) is 1. The minimum absolute atomic E-state index is 0.0264. The second-order valence-corrected chi connectivity index (χ2v) is 5.95. The quantitative estimate of drug-likeness (QED) is 0.744. The molecule has 112 valence electrons. The average molecular weight is 350 g/mol. The van der Waals surface area contributed by atoms with E-state index in [9.17, 15) is 4.79 Å². The Hall–Kier alpha value is -1.55. The highest BCUT2D eigenvalue weighted by Crippen LogP contribution is 2.31. The van der Waals surface area contributed by atoms with Crippen LogP contribution in [0.1, 0.15) is 32.1 Å². The molecule has 1 heterocycles. The first kappa shape index (κ1) is 15.8. The van der Waals surface area contributed by atoms with Gasteiger partial charge in [0.15, 0.2) is 0 Å². The van der Waals surface area contributed by atoms with Crippen molar-refractivity contribution in [3.05, 3.63) is 40.1 Å². The molecule has 0 fully saturated rings. The van der Waals surface area contributed by atoms with Gasteiger partial charge in [0.05, 0.1) is 0 Å². The van der Waals surface area contributed by atoms with E-state index in [1.165, 1.54) is 0 Å². The van der Waals surface area contributed by atoms with Gasteiger partial charge in [0.2, 0.25) is 5.91 Å². The molecule has 0 N–H and O–H groups in total. The number of fused-ring (bicyclic) bond motifs is 1. The molecule has 0 unspecified atom stereocenters. The lowest BCUT2D eigenvalue weighted by atomic mass is 10.1. The molecule has 4 heteroatoms. The van der Waals surface area contributed by atoms with Gasteiger partial charge in [-0.1, -0.05) is 15.9 Å². The molecule has 0 bridgehead atoms. The number of hydrogen-bond donors (Lipinski definition) is 0. The molecule has 1 aromatic carbocycles. The topological polar surface area (TPSA) is 33.5 Å². The minimum atomic E-state index is 0.0264. The van der Waals surface area contributed by atoms with Gasteiger partial charge in [-0.3, -0.25) is 4.79 Å². The Bertz CT molecular complexity index is 696. The standard InChI is InChI=1S/C17H20BrNO2/c1-5-19(6-2)16(20)9-11(3)17-12(4)14-10-13(18)7-8-15(14)21-17/h7-10H,5-6H2,1-4H3/b11-9+. The van der Waals surface area contributed by atoms with Crippen molar-refractivity contribution in [2.75, 3.05) is 13.1 Å². The Kier molecular flexibility index (Phi) is 4.88. The maximum Gasteiger partial charge on any atom is 0.246 e. The zero-order chi connectivity index (χ0) is 15.6. The maximum absolute atomic E-state index is 12.2. The van der Waals surface area contributed by atoms with Crippen molar-refractivity contribution in [2.45, 2.75) is 27.7 Å². The Morgan fingerprint density at radius 1 is 1.33 bits per heavy atom. The summed E-state index contributed by atoms with van der Waals surface area (Å²) in [6, 6.07) is 5.93. The predicted octanol–water partition coefficient (Wildman–Crippen LogP) is 4.78. The van der Waals surface area contributed by atoms with Gasteiger partial charge in [0.1, 0.15) is 11.3 Å². The molecular weight excluding hydrogens is 330 g/mol. The summed E-state index contributed by atoms with van der Waals surface area (Å²) < 4.78 is 6.92. The lowest BCUT2D eigenvalue weighted by Crippen LogP contribution is -2.28. The van der Waals surface area contributed by atoms with Crippen LogP contribution in [0.4, 0.5) is 0 Å². The Labute approximate surface area is 133 Å². The third-order valence-corrected chi connectivity index (χ3v) is 4.16. The minimum Gasteiger partial charge on any atom is -0.456 e. The molecule has 0 aliphatic rings. The normalized spacial score (nSPS) is 12.0. The van der Waals surface area contributed by atoms with Gasteiger partial charge in [0.25, 0.3) is 0 Å². The molecule has 2 rings (SSSR count). The van der Waals surface area contributed by atoms with Crippen molar-refractivity contribution in [3.8, 4) is 0 Å². The van der Waals surface area contributed by atoms with Crippen LogP contribution in [-0.2, 0) is 4.79 Å². The lowest BCUT2D eigenvalue weighted by Gasteiger charge is -2.16. The third-order valence-electron chi connectivity index (χ3n) is 3.67. The lowest BCUT2D eigenvalue weighted by molar-refractivity contribution is -0.125. The van der Waals surface area contributed by atoms with Gasteiger partial charge in [-0.25, -0.2) is 0 Å². The van der Waals surface area contributed by atoms with Crippen LogP contribution in [0.15, 0.2) is 33.2 Å². The summed E-state index contributed by atoms with van der Waals surface area (Å²) in [6.07, 6.45) is 1.66. The second kappa shape index (κ2) is 6.48. The molecule has 0 spiro atoms. The highest BCUT2D eigenvalue weighted by atomic mass is 79.9. The Morgan fingerprint density at radius 3 is 2.62 bits per heavy atom. The average Bonchev–Trinajstić information content (AvgIpc) is 2.77. The zero-order valence-electron chi connectivity index (χ0n) is 12.9. The highest BCUT2D eigenvalue weighted by molar-refractivity contribution is 9.10. The highest BCUT2D eigenvalue weighted by Gasteiger charge is 2.14. The van der Waals surface area contributed by atoms with E-state index in [4.69, 9.17) is 4.42 Å². The number of nitrogens with zero attached hydrogens (tertiary/aromatic N) is 1. The Balaban J connectivity index is 2.41. The van der Waals surface area contributed by atoms with Crippen molar-refractivity contribution in [2.24, 2.45) is 0 Å². The number of rotatable bonds is 4. The molecule has 0 saturated carbocycles. The number of benzene rings is 1. The molecule has 0 aliphatic carbocycles. The first-order chi connectivity index (χ1) is 9.97. The summed E-state index contributed by atoms with van der Waals surface area (Å²) in [5.41, 5.74) is 2.76. The van der Waals surface area contributed by atoms with E-state index in [1.54, 1.807) is 11.0 Å². The number of carbonyl (C=O) groups is 1. The number of hydrogen-bond acceptors (Lipinski definition) is 2. The SMILES string of the molecule is CCN(CC)C(=O)/C=C(\C)c1oc2ccc(Br)cc2c1C. The van der Waals surface area contributed by atoms with E-state index in [2.05, 4.69) is 15.9 Å². The van der Waals surface area contributed by atoms with E-state index in [-0.39, 0.29) is 5.91 Å². The first-order valence-corrected chi connectivity index (χ1v) is 7.93. The van der Waals surface area contributed by atoms with Crippen molar-refractivity contribution < 1.29 is 9.21 Å². The molecule has 21 heavy (non-hydrogen) atoms. The predicted molar refractivity (Wildman–Crippen MR) is 90.2 cm³/mol. The molecule has 1 amide bonds. The summed E-state index contributed by atoms with van der Waals surface area (Å²) >= 11 is 3.47. The van der Waals surface area contributed by atoms with Crippen molar-refractivity contribution in [1.29, 1.82) is 0 Å². The van der Waals surface area contributed by atoms with E-state index in [1.807, 2.05) is 45.9 Å². The summed E-state index contributed by atoms with van der Waals surface area (Å²) in [4.78, 5) is 14.0. The number of aryl methyl sites for hydroxylation is 1. The van der Waals surface area contributed by atoms with E-state index >= 15 is 0 Å². The van der Waals surface area contributed by atoms with E-state index < -0.39 is 0 Å². The van der Waals surface area contributed by atoms with Crippen LogP contribution in [0.3, 0.4) is 0 Å². The van der Waals surface area contributed by atoms with Gasteiger partial charge in [0, 0.05) is 34.6 Å². The van der Waals surface area contributed by atoms with Gasteiger partial charge >= 0.3 is 0 Å². The smallest absolute Gasteiger partial charge is 0.246 e. The summed E-state index contributed by atoms with van der Waals surface area (Å²) in [5, 5.41) is 1.07. The van der Waals surface area contributed by atoms with E-state index in [0.717, 1.165) is 32.3 Å². The van der Waals surface area contributed by atoms with E-state index in [0.29, 0.717) is 13.1 Å². The first-order valence-electron chi connectivity index (χ1n) is 7.14. The van der Waals surface area contributed by atoms with Gasteiger partial charge < -0.3 is 9.32 Å². The van der Waals surface area contributed by atoms with Crippen LogP contribution < -0.4 is 0 Å².